The van der Waals surface area contributed by atoms with Crippen molar-refractivity contribution in [3.8, 4) is 5.75 Å². The summed E-state index contributed by atoms with van der Waals surface area (Å²) in [4.78, 5) is 1.45. The van der Waals surface area contributed by atoms with Crippen LogP contribution in [0.15, 0.2) is 30.3 Å². The molecule has 0 spiro atoms. The highest BCUT2D eigenvalue weighted by molar-refractivity contribution is 7.16. The number of nitrogens with one attached hydrogen (secondary N) is 1. The van der Waals surface area contributed by atoms with Crippen molar-refractivity contribution in [2.75, 3.05) is 6.54 Å². The predicted molar refractivity (Wildman–Crippen MR) is 83.0 cm³/mol. The molecule has 2 heterocycles. The minimum atomic E-state index is 0.255. The zero-order chi connectivity index (χ0) is 13.5. The first-order valence-electron chi connectivity index (χ1n) is 7.05. The molecule has 4 heteroatoms. The van der Waals surface area contributed by atoms with Crippen LogP contribution in [-0.4, -0.2) is 12.6 Å². The van der Waals surface area contributed by atoms with Crippen molar-refractivity contribution in [3.05, 3.63) is 50.7 Å². The van der Waals surface area contributed by atoms with Crippen LogP contribution >= 0.6 is 22.9 Å². The van der Waals surface area contributed by atoms with Gasteiger partial charge in [0.05, 0.1) is 4.34 Å². The molecule has 1 aliphatic heterocycles. The minimum Gasteiger partial charge on any atom is -0.488 e. The van der Waals surface area contributed by atoms with Crippen molar-refractivity contribution >= 4 is 22.9 Å². The number of ether oxygens (including phenoxy) is 1. The van der Waals surface area contributed by atoms with Gasteiger partial charge in [-0.25, -0.2) is 0 Å². The molecule has 2 aromatic rings. The predicted octanol–water partition coefficient (Wildman–Crippen LogP) is 3.98. The van der Waals surface area contributed by atoms with Crippen LogP contribution in [-0.2, 0) is 12.8 Å². The molecule has 104 valence electrons. The Kier molecular flexibility index (Phi) is 3.21. The highest BCUT2D eigenvalue weighted by Crippen LogP contribution is 2.39. The van der Waals surface area contributed by atoms with Crippen molar-refractivity contribution in [2.24, 2.45) is 0 Å². The summed E-state index contributed by atoms with van der Waals surface area (Å²) in [5.41, 5.74) is 2.72. The Morgan fingerprint density at radius 1 is 1.35 bits per heavy atom. The summed E-state index contributed by atoms with van der Waals surface area (Å²) in [6.45, 7) is 0.895. The summed E-state index contributed by atoms with van der Waals surface area (Å²) in [5.74, 6) is 1.05. The minimum absolute atomic E-state index is 0.255. The van der Waals surface area contributed by atoms with Gasteiger partial charge in [0.15, 0.2) is 0 Å². The van der Waals surface area contributed by atoms with E-state index >= 15 is 0 Å². The average molecular weight is 306 g/mol. The number of halogens is 1. The fraction of sp³-hybridized carbons (Fsp3) is 0.375. The fourth-order valence-electron chi connectivity index (χ4n) is 3.18. The van der Waals surface area contributed by atoms with Crippen LogP contribution in [0.4, 0.5) is 0 Å². The Labute approximate surface area is 127 Å². The van der Waals surface area contributed by atoms with E-state index in [2.05, 4.69) is 29.6 Å². The average Bonchev–Trinajstić information content (AvgIpc) is 3.09. The molecule has 0 saturated heterocycles. The highest BCUT2D eigenvalue weighted by atomic mass is 35.5. The van der Waals surface area contributed by atoms with Gasteiger partial charge in [-0.1, -0.05) is 29.8 Å². The van der Waals surface area contributed by atoms with Crippen molar-refractivity contribution in [1.29, 1.82) is 0 Å². The maximum absolute atomic E-state index is 6.10. The summed E-state index contributed by atoms with van der Waals surface area (Å²) in [6.07, 6.45) is 3.59. The van der Waals surface area contributed by atoms with Gasteiger partial charge in [-0.05, 0) is 36.1 Å². The standard InChI is InChI=1S/C16H16ClNOS/c17-16-8-12-13(5-6-15(12)20-16)18-9-11-7-10-3-1-2-4-14(10)19-11/h1-4,8,11,13,18H,5-7,9H2. The number of fused-ring (bicyclic) bond motifs is 2. The van der Waals surface area contributed by atoms with Crippen molar-refractivity contribution in [1.82, 2.24) is 5.32 Å². The Bertz CT molecular complexity index is 614. The molecule has 2 aliphatic rings. The molecule has 2 unspecified atom stereocenters. The van der Waals surface area contributed by atoms with E-state index in [0.29, 0.717) is 6.04 Å². The normalized spacial score (nSPS) is 23.4. The molecular formula is C16H16ClNOS. The quantitative estimate of drug-likeness (QED) is 0.926. The molecule has 2 atom stereocenters. The third-order valence-electron chi connectivity index (χ3n) is 4.15. The molecule has 2 nitrogen and oxygen atoms in total. The third-order valence-corrected chi connectivity index (χ3v) is 5.49. The van der Waals surface area contributed by atoms with Gasteiger partial charge in [-0.3, -0.25) is 0 Å². The summed E-state index contributed by atoms with van der Waals surface area (Å²) in [7, 11) is 0. The molecule has 0 fully saturated rings. The van der Waals surface area contributed by atoms with Gasteiger partial charge in [0, 0.05) is 23.9 Å². The molecule has 1 aliphatic carbocycles. The highest BCUT2D eigenvalue weighted by Gasteiger charge is 2.27. The number of hydrogen-bond donors (Lipinski definition) is 1. The number of rotatable bonds is 3. The summed E-state index contributed by atoms with van der Waals surface area (Å²) >= 11 is 7.82. The summed E-state index contributed by atoms with van der Waals surface area (Å²) in [5, 5.41) is 3.65. The Morgan fingerprint density at radius 2 is 2.25 bits per heavy atom. The first-order chi connectivity index (χ1) is 9.79. The molecule has 4 rings (SSSR count). The maximum atomic E-state index is 6.10. The monoisotopic (exact) mass is 305 g/mol. The van der Waals surface area contributed by atoms with E-state index in [1.54, 1.807) is 11.3 Å². The number of hydrogen-bond acceptors (Lipinski definition) is 3. The first kappa shape index (κ1) is 12.7. The molecular weight excluding hydrogens is 290 g/mol. The van der Waals surface area contributed by atoms with Crippen LogP contribution in [0.25, 0.3) is 0 Å². The van der Waals surface area contributed by atoms with E-state index in [1.165, 1.54) is 22.4 Å². The second kappa shape index (κ2) is 5.06. The second-order valence-corrected chi connectivity index (χ2v) is 7.25. The number of aryl methyl sites for hydroxylation is 1. The summed E-state index contributed by atoms with van der Waals surface area (Å²) < 4.78 is 6.88. The van der Waals surface area contributed by atoms with Crippen molar-refractivity contribution in [2.45, 2.75) is 31.4 Å². The van der Waals surface area contributed by atoms with Gasteiger partial charge in [-0.15, -0.1) is 11.3 Å². The van der Waals surface area contributed by atoms with Gasteiger partial charge >= 0.3 is 0 Å². The lowest BCUT2D eigenvalue weighted by atomic mass is 10.1. The lowest BCUT2D eigenvalue weighted by molar-refractivity contribution is 0.221. The molecule has 1 aromatic heterocycles. The van der Waals surface area contributed by atoms with Gasteiger partial charge < -0.3 is 10.1 Å². The molecule has 0 saturated carbocycles. The van der Waals surface area contributed by atoms with E-state index in [4.69, 9.17) is 16.3 Å². The van der Waals surface area contributed by atoms with Crippen LogP contribution in [0.3, 0.4) is 0 Å². The molecule has 0 amide bonds. The number of benzene rings is 1. The largest absolute Gasteiger partial charge is 0.488 e. The molecule has 0 radical (unpaired) electrons. The van der Waals surface area contributed by atoms with Crippen LogP contribution in [0.1, 0.15) is 28.5 Å². The molecule has 1 aromatic carbocycles. The third kappa shape index (κ3) is 2.24. The second-order valence-electron chi connectivity index (χ2n) is 5.48. The fourth-order valence-corrected chi connectivity index (χ4v) is 4.54. The van der Waals surface area contributed by atoms with Gasteiger partial charge in [0.2, 0.25) is 0 Å². The van der Waals surface area contributed by atoms with Crippen LogP contribution in [0, 0.1) is 0 Å². The van der Waals surface area contributed by atoms with E-state index in [0.717, 1.165) is 29.5 Å². The zero-order valence-corrected chi connectivity index (χ0v) is 12.6. The van der Waals surface area contributed by atoms with E-state index in [1.807, 2.05) is 6.07 Å². The molecule has 1 N–H and O–H groups in total. The van der Waals surface area contributed by atoms with E-state index in [-0.39, 0.29) is 6.10 Å². The zero-order valence-electron chi connectivity index (χ0n) is 11.1. The lowest BCUT2D eigenvalue weighted by Gasteiger charge is -2.17. The van der Waals surface area contributed by atoms with Crippen molar-refractivity contribution in [3.63, 3.8) is 0 Å². The number of thiophene rings is 1. The van der Waals surface area contributed by atoms with Crippen molar-refractivity contribution < 1.29 is 4.74 Å². The summed E-state index contributed by atoms with van der Waals surface area (Å²) in [6, 6.07) is 10.9. The smallest absolute Gasteiger partial charge is 0.123 e. The Morgan fingerprint density at radius 3 is 3.15 bits per heavy atom. The topological polar surface area (TPSA) is 21.3 Å². The van der Waals surface area contributed by atoms with Gasteiger partial charge in [0.25, 0.3) is 0 Å². The molecule has 20 heavy (non-hydrogen) atoms. The van der Waals surface area contributed by atoms with E-state index < -0.39 is 0 Å². The van der Waals surface area contributed by atoms with Gasteiger partial charge in [0.1, 0.15) is 11.9 Å². The molecule has 0 bridgehead atoms. The Hall–Kier alpha value is -1.03. The number of para-hydroxylation sites is 1. The van der Waals surface area contributed by atoms with Crippen LogP contribution < -0.4 is 10.1 Å². The van der Waals surface area contributed by atoms with E-state index in [9.17, 15) is 0 Å². The van der Waals surface area contributed by atoms with Crippen LogP contribution in [0.2, 0.25) is 4.34 Å². The van der Waals surface area contributed by atoms with Crippen LogP contribution in [0.5, 0.6) is 5.75 Å². The lowest BCUT2D eigenvalue weighted by Crippen LogP contribution is -2.32. The maximum Gasteiger partial charge on any atom is 0.123 e. The SMILES string of the molecule is Clc1cc2c(s1)CCC2NCC1Cc2ccccc2O1. The van der Waals surface area contributed by atoms with Gasteiger partial charge in [-0.2, -0.15) is 0 Å². The Balaban J connectivity index is 1.39. The first-order valence-corrected chi connectivity index (χ1v) is 8.25.